The largest absolute Gasteiger partial charge is 0.368 e. The molecule has 148 valence electrons. The number of carbonyl (C=O) groups is 1. The Bertz CT molecular complexity index is 980. The third-order valence-electron chi connectivity index (χ3n) is 5.35. The lowest BCUT2D eigenvalue weighted by Crippen LogP contribution is -2.37. The number of nitrogens with zero attached hydrogens (tertiary/aromatic N) is 1. The Labute approximate surface area is 165 Å². The van der Waals surface area contributed by atoms with Crippen molar-refractivity contribution < 1.29 is 17.9 Å². The van der Waals surface area contributed by atoms with Crippen LogP contribution < -0.4 is 9.62 Å². The van der Waals surface area contributed by atoms with Crippen LogP contribution in [0.25, 0.3) is 0 Å². The standard InChI is InChI=1S/C21H24N2O4S/c1-2-15-5-9-18(10-6-15)28(25,26)22-17-8-7-16-11-12-23(19(16)14-17)21(24)20-4-3-13-27-20/h5-10,14,20,22H,2-4,11-13H2,1H3. The fourth-order valence-corrected chi connectivity index (χ4v) is 4.79. The van der Waals surface area contributed by atoms with Gasteiger partial charge in [-0.05, 0) is 61.1 Å². The molecule has 2 heterocycles. The van der Waals surface area contributed by atoms with Crippen molar-refractivity contribution in [2.45, 2.75) is 43.6 Å². The lowest BCUT2D eigenvalue weighted by molar-refractivity contribution is -0.127. The SMILES string of the molecule is CCc1ccc(S(=O)(=O)Nc2ccc3c(c2)N(C(=O)C2CCCO2)CC3)cc1. The number of hydrogen-bond donors (Lipinski definition) is 1. The summed E-state index contributed by atoms with van der Waals surface area (Å²) in [4.78, 5) is 14.7. The van der Waals surface area contributed by atoms with Gasteiger partial charge in [0.15, 0.2) is 0 Å². The summed E-state index contributed by atoms with van der Waals surface area (Å²) in [6, 6.07) is 12.2. The van der Waals surface area contributed by atoms with Crippen LogP contribution in [-0.4, -0.2) is 33.6 Å². The Morgan fingerprint density at radius 1 is 1.21 bits per heavy atom. The van der Waals surface area contributed by atoms with Crippen LogP contribution >= 0.6 is 0 Å². The van der Waals surface area contributed by atoms with Crippen LogP contribution in [0, 0.1) is 0 Å². The topological polar surface area (TPSA) is 75.7 Å². The van der Waals surface area contributed by atoms with Gasteiger partial charge in [-0.15, -0.1) is 0 Å². The molecule has 0 spiro atoms. The molecule has 1 amide bonds. The van der Waals surface area contributed by atoms with Crippen molar-refractivity contribution >= 4 is 27.3 Å². The summed E-state index contributed by atoms with van der Waals surface area (Å²) in [7, 11) is -3.69. The maximum Gasteiger partial charge on any atom is 0.261 e. The number of benzene rings is 2. The predicted octanol–water partition coefficient (Wildman–Crippen LogP) is 3.12. The first-order valence-corrected chi connectivity index (χ1v) is 11.1. The molecule has 1 fully saturated rings. The number of anilines is 2. The number of hydrogen-bond acceptors (Lipinski definition) is 4. The van der Waals surface area contributed by atoms with Crippen molar-refractivity contribution in [2.75, 3.05) is 22.8 Å². The molecule has 0 aromatic heterocycles. The van der Waals surface area contributed by atoms with E-state index in [1.807, 2.05) is 25.1 Å². The minimum atomic E-state index is -3.69. The van der Waals surface area contributed by atoms with Gasteiger partial charge < -0.3 is 9.64 Å². The minimum absolute atomic E-state index is 0.0357. The van der Waals surface area contributed by atoms with E-state index in [-0.39, 0.29) is 16.9 Å². The van der Waals surface area contributed by atoms with Crippen molar-refractivity contribution in [1.82, 2.24) is 0 Å². The Morgan fingerprint density at radius 3 is 2.68 bits per heavy atom. The van der Waals surface area contributed by atoms with E-state index in [9.17, 15) is 13.2 Å². The highest BCUT2D eigenvalue weighted by Gasteiger charge is 2.33. The highest BCUT2D eigenvalue weighted by Crippen LogP contribution is 2.33. The molecule has 6 nitrogen and oxygen atoms in total. The minimum Gasteiger partial charge on any atom is -0.368 e. The third kappa shape index (κ3) is 3.64. The second kappa shape index (κ2) is 7.56. The lowest BCUT2D eigenvalue weighted by Gasteiger charge is -2.21. The second-order valence-electron chi connectivity index (χ2n) is 7.19. The number of fused-ring (bicyclic) bond motifs is 1. The first-order valence-electron chi connectivity index (χ1n) is 9.65. The zero-order chi connectivity index (χ0) is 19.7. The summed E-state index contributed by atoms with van der Waals surface area (Å²) < 4.78 is 33.6. The van der Waals surface area contributed by atoms with Crippen LogP contribution in [0.15, 0.2) is 47.4 Å². The predicted molar refractivity (Wildman–Crippen MR) is 108 cm³/mol. The molecule has 1 atom stereocenters. The van der Waals surface area contributed by atoms with Crippen LogP contribution in [-0.2, 0) is 32.4 Å². The average molecular weight is 401 g/mol. The quantitative estimate of drug-likeness (QED) is 0.837. The summed E-state index contributed by atoms with van der Waals surface area (Å²) >= 11 is 0. The number of aryl methyl sites for hydroxylation is 1. The van der Waals surface area contributed by atoms with Crippen LogP contribution in [0.5, 0.6) is 0 Å². The Hall–Kier alpha value is -2.38. The van der Waals surface area contributed by atoms with E-state index in [0.717, 1.165) is 42.5 Å². The highest BCUT2D eigenvalue weighted by atomic mass is 32.2. The zero-order valence-electron chi connectivity index (χ0n) is 15.8. The van der Waals surface area contributed by atoms with Gasteiger partial charge in [0, 0.05) is 18.8 Å². The first-order chi connectivity index (χ1) is 13.5. The summed E-state index contributed by atoms with van der Waals surface area (Å²) in [5.41, 5.74) is 3.34. The summed E-state index contributed by atoms with van der Waals surface area (Å²) in [6.07, 6.45) is 2.87. The number of amides is 1. The van der Waals surface area contributed by atoms with Crippen molar-refractivity contribution in [3.63, 3.8) is 0 Å². The number of nitrogens with one attached hydrogen (secondary N) is 1. The van der Waals surface area contributed by atoms with Gasteiger partial charge in [0.2, 0.25) is 0 Å². The van der Waals surface area contributed by atoms with Gasteiger partial charge in [0.1, 0.15) is 6.10 Å². The van der Waals surface area contributed by atoms with E-state index >= 15 is 0 Å². The molecule has 2 aliphatic heterocycles. The number of ether oxygens (including phenoxy) is 1. The average Bonchev–Trinajstić information content (AvgIpc) is 3.37. The molecule has 1 unspecified atom stereocenters. The number of sulfonamides is 1. The third-order valence-corrected chi connectivity index (χ3v) is 6.74. The summed E-state index contributed by atoms with van der Waals surface area (Å²) in [5.74, 6) is -0.0357. The van der Waals surface area contributed by atoms with Crippen LogP contribution in [0.2, 0.25) is 0 Å². The van der Waals surface area contributed by atoms with Crippen LogP contribution in [0.1, 0.15) is 30.9 Å². The van der Waals surface area contributed by atoms with Crippen molar-refractivity contribution in [2.24, 2.45) is 0 Å². The summed E-state index contributed by atoms with van der Waals surface area (Å²) in [5, 5.41) is 0. The molecule has 0 bridgehead atoms. The molecule has 2 aromatic carbocycles. The molecule has 1 saturated heterocycles. The molecule has 0 radical (unpaired) electrons. The molecule has 2 aliphatic rings. The van der Waals surface area contributed by atoms with Crippen molar-refractivity contribution in [3.05, 3.63) is 53.6 Å². The van der Waals surface area contributed by atoms with E-state index in [1.165, 1.54) is 0 Å². The van der Waals surface area contributed by atoms with E-state index in [4.69, 9.17) is 4.74 Å². The van der Waals surface area contributed by atoms with Gasteiger partial charge in [0.25, 0.3) is 15.9 Å². The molecule has 7 heteroatoms. The molecule has 2 aromatic rings. The van der Waals surface area contributed by atoms with Gasteiger partial charge in [-0.3, -0.25) is 9.52 Å². The number of carbonyl (C=O) groups excluding carboxylic acids is 1. The van der Waals surface area contributed by atoms with Crippen LogP contribution in [0.4, 0.5) is 11.4 Å². The Kier molecular flexibility index (Phi) is 5.12. The van der Waals surface area contributed by atoms with Gasteiger partial charge in [-0.2, -0.15) is 0 Å². The van der Waals surface area contributed by atoms with Gasteiger partial charge >= 0.3 is 0 Å². The van der Waals surface area contributed by atoms with E-state index in [0.29, 0.717) is 18.8 Å². The van der Waals surface area contributed by atoms with Gasteiger partial charge in [-0.1, -0.05) is 25.1 Å². The fraction of sp³-hybridized carbons (Fsp3) is 0.381. The maximum atomic E-state index is 12.8. The highest BCUT2D eigenvalue weighted by molar-refractivity contribution is 7.92. The first kappa shape index (κ1) is 19.0. The second-order valence-corrected chi connectivity index (χ2v) is 8.87. The molecule has 28 heavy (non-hydrogen) atoms. The molecular formula is C21H24N2O4S. The van der Waals surface area contributed by atoms with Gasteiger partial charge in [-0.25, -0.2) is 8.42 Å². The van der Waals surface area contributed by atoms with Crippen molar-refractivity contribution in [1.29, 1.82) is 0 Å². The lowest BCUT2D eigenvalue weighted by atomic mass is 10.1. The molecule has 4 rings (SSSR count). The fourth-order valence-electron chi connectivity index (χ4n) is 3.74. The molecule has 1 N–H and O–H groups in total. The van der Waals surface area contributed by atoms with Crippen LogP contribution in [0.3, 0.4) is 0 Å². The van der Waals surface area contributed by atoms with E-state index in [2.05, 4.69) is 4.72 Å². The van der Waals surface area contributed by atoms with E-state index < -0.39 is 10.0 Å². The smallest absolute Gasteiger partial charge is 0.261 e. The summed E-state index contributed by atoms with van der Waals surface area (Å²) in [6.45, 7) is 3.24. The molecular weight excluding hydrogens is 376 g/mol. The van der Waals surface area contributed by atoms with E-state index in [1.54, 1.807) is 29.2 Å². The monoisotopic (exact) mass is 400 g/mol. The molecule has 0 aliphatic carbocycles. The molecule has 0 saturated carbocycles. The zero-order valence-corrected chi connectivity index (χ0v) is 16.7. The van der Waals surface area contributed by atoms with Crippen molar-refractivity contribution in [3.8, 4) is 0 Å². The maximum absolute atomic E-state index is 12.8. The number of rotatable bonds is 5. The Balaban J connectivity index is 1.56. The normalized spacial score (nSPS) is 18.9. The van der Waals surface area contributed by atoms with Gasteiger partial charge in [0.05, 0.1) is 10.6 Å². The Morgan fingerprint density at radius 2 is 2.00 bits per heavy atom.